The lowest BCUT2D eigenvalue weighted by atomic mass is 10.1. The van der Waals surface area contributed by atoms with Gasteiger partial charge in [0, 0.05) is 5.56 Å². The molecule has 0 aliphatic heterocycles. The molecule has 0 bridgehead atoms. The number of amides is 1. The number of nitrogens with zero attached hydrogens (tertiary/aromatic N) is 2. The summed E-state index contributed by atoms with van der Waals surface area (Å²) in [5, 5.41) is 6.76. The summed E-state index contributed by atoms with van der Waals surface area (Å²) >= 11 is 0. The van der Waals surface area contributed by atoms with Gasteiger partial charge in [-0.15, -0.1) is 0 Å². The summed E-state index contributed by atoms with van der Waals surface area (Å²) in [4.78, 5) is 16.9. The number of hydrogen-bond donors (Lipinski definition) is 1. The molecule has 1 atom stereocenters. The number of benzene rings is 2. The molecule has 1 aromatic heterocycles. The predicted molar refractivity (Wildman–Crippen MR) is 109 cm³/mol. The Balaban J connectivity index is 1.60. The monoisotopic (exact) mass is 395 g/mol. The Morgan fingerprint density at radius 3 is 2.69 bits per heavy atom. The van der Waals surface area contributed by atoms with Crippen molar-refractivity contribution in [1.29, 1.82) is 0 Å². The first-order valence-corrected chi connectivity index (χ1v) is 9.48. The fourth-order valence-electron chi connectivity index (χ4n) is 2.76. The summed E-state index contributed by atoms with van der Waals surface area (Å²) in [5.41, 5.74) is 3.07. The number of carbonyl (C=O) groups excluding carboxylic acids is 1. The molecule has 0 saturated heterocycles. The number of carbonyl (C=O) groups is 1. The molecule has 152 valence electrons. The van der Waals surface area contributed by atoms with E-state index in [1.165, 1.54) is 5.56 Å². The number of hydrogen-bond acceptors (Lipinski definition) is 6. The van der Waals surface area contributed by atoms with Gasteiger partial charge in [-0.05, 0) is 55.7 Å². The molecule has 1 heterocycles. The van der Waals surface area contributed by atoms with Crippen LogP contribution in [0, 0.1) is 13.8 Å². The van der Waals surface area contributed by atoms with Crippen molar-refractivity contribution in [2.75, 3.05) is 7.11 Å². The third-order valence-electron chi connectivity index (χ3n) is 4.63. The summed E-state index contributed by atoms with van der Waals surface area (Å²) in [5.74, 6) is 1.90. The molecule has 2 aromatic carbocycles. The van der Waals surface area contributed by atoms with Gasteiger partial charge >= 0.3 is 0 Å². The highest BCUT2D eigenvalue weighted by Crippen LogP contribution is 2.21. The summed E-state index contributed by atoms with van der Waals surface area (Å²) < 4.78 is 16.3. The summed E-state index contributed by atoms with van der Waals surface area (Å²) in [6, 6.07) is 13.2. The Bertz CT molecular complexity index is 984. The maximum Gasteiger partial charge on any atom is 0.261 e. The van der Waals surface area contributed by atoms with Crippen LogP contribution in [0.3, 0.4) is 0 Å². The van der Waals surface area contributed by atoms with Crippen molar-refractivity contribution in [3.05, 3.63) is 59.5 Å². The van der Waals surface area contributed by atoms with Crippen molar-refractivity contribution in [3.63, 3.8) is 0 Å². The molecular formula is C22H25N3O4. The number of nitrogens with one attached hydrogen (secondary N) is 1. The Labute approximate surface area is 170 Å². The van der Waals surface area contributed by atoms with Gasteiger partial charge in [0.05, 0.1) is 13.7 Å². The van der Waals surface area contributed by atoms with E-state index in [0.29, 0.717) is 29.6 Å². The zero-order chi connectivity index (χ0) is 20.8. The average Bonchev–Trinajstić information content (AvgIpc) is 3.22. The molecule has 1 unspecified atom stereocenters. The van der Waals surface area contributed by atoms with E-state index in [4.69, 9.17) is 14.0 Å². The number of aryl methyl sites for hydroxylation is 2. The van der Waals surface area contributed by atoms with Crippen LogP contribution in [0.25, 0.3) is 11.4 Å². The Hall–Kier alpha value is -3.35. The number of aromatic nitrogens is 2. The van der Waals surface area contributed by atoms with Crippen LogP contribution >= 0.6 is 0 Å². The van der Waals surface area contributed by atoms with Crippen LogP contribution in [-0.4, -0.2) is 29.3 Å². The maximum atomic E-state index is 12.5. The normalized spacial score (nSPS) is 11.7. The standard InChI is InChI=1S/C22H25N3O4/c1-5-19(28-18-10-9-14(2)15(3)11-18)22(26)23-13-20-24-21(25-29-20)16-7-6-8-17(12-16)27-4/h6-12,19H,5,13H2,1-4H3,(H,23,26). The van der Waals surface area contributed by atoms with Crippen LogP contribution in [-0.2, 0) is 11.3 Å². The Morgan fingerprint density at radius 1 is 1.14 bits per heavy atom. The van der Waals surface area contributed by atoms with Crippen molar-refractivity contribution < 1.29 is 18.8 Å². The van der Waals surface area contributed by atoms with Gasteiger partial charge in [0.2, 0.25) is 11.7 Å². The van der Waals surface area contributed by atoms with E-state index in [1.807, 2.05) is 63.2 Å². The van der Waals surface area contributed by atoms with Gasteiger partial charge in [-0.3, -0.25) is 4.79 Å². The molecule has 29 heavy (non-hydrogen) atoms. The Kier molecular flexibility index (Phi) is 6.49. The van der Waals surface area contributed by atoms with Gasteiger partial charge in [-0.25, -0.2) is 0 Å². The van der Waals surface area contributed by atoms with Crippen LogP contribution in [0.1, 0.15) is 30.4 Å². The lowest BCUT2D eigenvalue weighted by Crippen LogP contribution is -2.37. The molecule has 1 amide bonds. The topological polar surface area (TPSA) is 86.5 Å². The quantitative estimate of drug-likeness (QED) is 0.624. The molecule has 1 N–H and O–H groups in total. The number of rotatable bonds is 8. The molecule has 0 spiro atoms. The van der Waals surface area contributed by atoms with Gasteiger partial charge in [0.25, 0.3) is 5.91 Å². The largest absolute Gasteiger partial charge is 0.497 e. The maximum absolute atomic E-state index is 12.5. The molecule has 0 radical (unpaired) electrons. The lowest BCUT2D eigenvalue weighted by molar-refractivity contribution is -0.128. The second-order valence-electron chi connectivity index (χ2n) is 6.72. The minimum Gasteiger partial charge on any atom is -0.497 e. The first kappa shape index (κ1) is 20.4. The van der Waals surface area contributed by atoms with Gasteiger partial charge in [-0.2, -0.15) is 4.98 Å². The van der Waals surface area contributed by atoms with Crippen LogP contribution in [0.5, 0.6) is 11.5 Å². The smallest absolute Gasteiger partial charge is 0.261 e. The van der Waals surface area contributed by atoms with Crippen LogP contribution in [0.2, 0.25) is 0 Å². The molecule has 0 aliphatic carbocycles. The number of methoxy groups -OCH3 is 1. The minimum atomic E-state index is -0.599. The molecular weight excluding hydrogens is 370 g/mol. The van der Waals surface area contributed by atoms with E-state index >= 15 is 0 Å². The van der Waals surface area contributed by atoms with E-state index in [2.05, 4.69) is 15.5 Å². The summed E-state index contributed by atoms with van der Waals surface area (Å²) in [7, 11) is 1.60. The SMILES string of the molecule is CCC(Oc1ccc(C)c(C)c1)C(=O)NCc1nc(-c2cccc(OC)c2)no1. The van der Waals surface area contributed by atoms with Crippen molar-refractivity contribution in [3.8, 4) is 22.9 Å². The first-order chi connectivity index (χ1) is 14.0. The fourth-order valence-corrected chi connectivity index (χ4v) is 2.76. The summed E-state index contributed by atoms with van der Waals surface area (Å²) in [6.07, 6.45) is -0.0598. The van der Waals surface area contributed by atoms with Crippen molar-refractivity contribution in [2.45, 2.75) is 39.8 Å². The average molecular weight is 395 g/mol. The molecule has 7 nitrogen and oxygen atoms in total. The number of ether oxygens (including phenoxy) is 2. The lowest BCUT2D eigenvalue weighted by Gasteiger charge is -2.17. The second-order valence-corrected chi connectivity index (χ2v) is 6.72. The first-order valence-electron chi connectivity index (χ1n) is 9.48. The van der Waals surface area contributed by atoms with E-state index in [0.717, 1.165) is 11.1 Å². The highest BCUT2D eigenvalue weighted by molar-refractivity contribution is 5.81. The molecule has 0 aliphatic rings. The zero-order valence-electron chi connectivity index (χ0n) is 17.1. The third kappa shape index (κ3) is 5.13. The van der Waals surface area contributed by atoms with Gasteiger partial charge < -0.3 is 19.3 Å². The predicted octanol–water partition coefficient (Wildman–Crippen LogP) is 3.84. The van der Waals surface area contributed by atoms with Crippen molar-refractivity contribution >= 4 is 5.91 Å². The second kappa shape index (κ2) is 9.23. The minimum absolute atomic E-state index is 0.128. The zero-order valence-corrected chi connectivity index (χ0v) is 17.1. The van der Waals surface area contributed by atoms with Crippen LogP contribution < -0.4 is 14.8 Å². The molecule has 0 fully saturated rings. The summed E-state index contributed by atoms with van der Waals surface area (Å²) in [6.45, 7) is 6.08. The van der Waals surface area contributed by atoms with Crippen LogP contribution in [0.4, 0.5) is 0 Å². The highest BCUT2D eigenvalue weighted by Gasteiger charge is 2.19. The Morgan fingerprint density at radius 2 is 1.97 bits per heavy atom. The molecule has 3 aromatic rings. The van der Waals surface area contributed by atoms with E-state index in [1.54, 1.807) is 7.11 Å². The van der Waals surface area contributed by atoms with Gasteiger partial charge in [0.1, 0.15) is 11.5 Å². The van der Waals surface area contributed by atoms with E-state index in [9.17, 15) is 4.79 Å². The highest BCUT2D eigenvalue weighted by atomic mass is 16.5. The van der Waals surface area contributed by atoms with E-state index in [-0.39, 0.29) is 12.5 Å². The fraction of sp³-hybridized carbons (Fsp3) is 0.318. The van der Waals surface area contributed by atoms with E-state index < -0.39 is 6.10 Å². The van der Waals surface area contributed by atoms with Gasteiger partial charge in [0.15, 0.2) is 6.10 Å². The molecule has 3 rings (SSSR count). The molecule has 0 saturated carbocycles. The van der Waals surface area contributed by atoms with Crippen molar-refractivity contribution in [2.24, 2.45) is 0 Å². The third-order valence-corrected chi connectivity index (χ3v) is 4.63. The van der Waals surface area contributed by atoms with Crippen molar-refractivity contribution in [1.82, 2.24) is 15.5 Å². The molecule has 7 heteroatoms. The van der Waals surface area contributed by atoms with Gasteiger partial charge in [-0.1, -0.05) is 30.3 Å². The van der Waals surface area contributed by atoms with Crippen LogP contribution in [0.15, 0.2) is 47.0 Å².